The Labute approximate surface area is 235 Å². The first-order valence-corrected chi connectivity index (χ1v) is 13.5. The van der Waals surface area contributed by atoms with Gasteiger partial charge >= 0.3 is 0 Å². The van der Waals surface area contributed by atoms with Crippen molar-refractivity contribution in [2.45, 2.75) is 12.3 Å². The second kappa shape index (κ2) is 13.3. The van der Waals surface area contributed by atoms with Crippen LogP contribution >= 0.6 is 9.24 Å². The van der Waals surface area contributed by atoms with E-state index in [1.165, 1.54) is 0 Å². The standard InChI is InChI=1S/C29H33N6O4P/c1-36-20-4-7-24-25(16-20)35-29(34-24)27-18-22(9-11-32-27)39-15-13-37-12-14-38-21-8-10-31-26(17-21)28(30)33-19-2-5-23(40)6-3-19/h2-11,16-18,28-29,33-35H,12-15,30,40H2,1H3. The molecule has 3 unspecified atom stereocenters. The molecule has 2 aromatic heterocycles. The summed E-state index contributed by atoms with van der Waals surface area (Å²) < 4.78 is 22.7. The van der Waals surface area contributed by atoms with Gasteiger partial charge in [-0.3, -0.25) is 9.97 Å². The summed E-state index contributed by atoms with van der Waals surface area (Å²) in [5.74, 6) is 2.20. The summed E-state index contributed by atoms with van der Waals surface area (Å²) in [4.78, 5) is 8.85. The maximum atomic E-state index is 6.28. The van der Waals surface area contributed by atoms with Crippen molar-refractivity contribution in [2.24, 2.45) is 5.73 Å². The number of rotatable bonds is 13. The van der Waals surface area contributed by atoms with Crippen LogP contribution in [0.1, 0.15) is 23.7 Å². The highest BCUT2D eigenvalue weighted by molar-refractivity contribution is 7.27. The van der Waals surface area contributed by atoms with Crippen molar-refractivity contribution < 1.29 is 18.9 Å². The minimum Gasteiger partial charge on any atom is -0.497 e. The Hall–Kier alpha value is -4.11. The SMILES string of the molecule is COc1ccc2c(c1)NC(c1cc(OCCOCCOc3ccnc(C(N)Nc4ccc(P)cc4)c3)ccn1)N2. The highest BCUT2D eigenvalue weighted by Gasteiger charge is 2.22. The molecule has 3 heterocycles. The van der Waals surface area contributed by atoms with Gasteiger partial charge in [0, 0.05) is 36.3 Å². The number of methoxy groups -OCH3 is 1. The Balaban J connectivity index is 1.01. The molecule has 1 aliphatic heterocycles. The van der Waals surface area contributed by atoms with E-state index in [1.54, 1.807) is 25.6 Å². The van der Waals surface area contributed by atoms with E-state index in [-0.39, 0.29) is 6.17 Å². The number of benzene rings is 2. The van der Waals surface area contributed by atoms with Gasteiger partial charge in [-0.2, -0.15) is 0 Å². The zero-order chi connectivity index (χ0) is 27.7. The molecule has 0 spiro atoms. The number of pyridine rings is 2. The lowest BCUT2D eigenvalue weighted by atomic mass is 10.2. The van der Waals surface area contributed by atoms with Gasteiger partial charge in [0.05, 0.1) is 43.1 Å². The van der Waals surface area contributed by atoms with Gasteiger partial charge in [-0.25, -0.2) is 0 Å². The van der Waals surface area contributed by atoms with Crippen LogP contribution in [0.5, 0.6) is 17.2 Å². The van der Waals surface area contributed by atoms with Gasteiger partial charge in [-0.05, 0) is 41.7 Å². The van der Waals surface area contributed by atoms with E-state index in [9.17, 15) is 0 Å². The molecule has 0 saturated carbocycles. The molecule has 0 bridgehead atoms. The van der Waals surface area contributed by atoms with Crippen LogP contribution in [0.15, 0.2) is 79.1 Å². The Morgan fingerprint density at radius 3 is 2.27 bits per heavy atom. The lowest BCUT2D eigenvalue weighted by Gasteiger charge is -2.16. The summed E-state index contributed by atoms with van der Waals surface area (Å²) in [6.45, 7) is 1.65. The molecule has 1 aliphatic rings. The first-order chi connectivity index (χ1) is 19.6. The molecule has 208 valence electrons. The molecule has 2 aromatic carbocycles. The van der Waals surface area contributed by atoms with Gasteiger partial charge in [0.2, 0.25) is 0 Å². The summed E-state index contributed by atoms with van der Waals surface area (Å²) in [7, 11) is 4.31. The van der Waals surface area contributed by atoms with Gasteiger partial charge < -0.3 is 40.6 Å². The monoisotopic (exact) mass is 560 g/mol. The summed E-state index contributed by atoms with van der Waals surface area (Å²) in [5, 5.41) is 11.2. The van der Waals surface area contributed by atoms with Gasteiger partial charge in [0.15, 0.2) is 0 Å². The predicted octanol–water partition coefficient (Wildman–Crippen LogP) is 4.07. The smallest absolute Gasteiger partial charge is 0.141 e. The average Bonchev–Trinajstić information content (AvgIpc) is 3.42. The van der Waals surface area contributed by atoms with Crippen molar-refractivity contribution in [1.29, 1.82) is 0 Å². The van der Waals surface area contributed by atoms with Crippen LogP contribution in [0.4, 0.5) is 17.1 Å². The van der Waals surface area contributed by atoms with Crippen LogP contribution in [-0.4, -0.2) is 43.5 Å². The van der Waals surface area contributed by atoms with Crippen molar-refractivity contribution in [1.82, 2.24) is 9.97 Å². The van der Waals surface area contributed by atoms with Crippen LogP contribution in [-0.2, 0) is 4.74 Å². The largest absolute Gasteiger partial charge is 0.497 e. The molecule has 4 aromatic rings. The van der Waals surface area contributed by atoms with Crippen LogP contribution in [0, 0.1) is 0 Å². The number of nitrogens with two attached hydrogens (primary N) is 1. The Morgan fingerprint density at radius 2 is 1.52 bits per heavy atom. The number of ether oxygens (including phenoxy) is 4. The van der Waals surface area contributed by atoms with Gasteiger partial charge in [-0.15, -0.1) is 9.24 Å². The third kappa shape index (κ3) is 7.30. The summed E-state index contributed by atoms with van der Waals surface area (Å²) in [5.41, 5.74) is 10.7. The van der Waals surface area contributed by atoms with Gasteiger partial charge in [-0.1, -0.05) is 12.1 Å². The van der Waals surface area contributed by atoms with Gasteiger partial charge in [0.25, 0.3) is 0 Å². The molecule has 5 rings (SSSR count). The number of hydrogen-bond acceptors (Lipinski definition) is 10. The predicted molar refractivity (Wildman–Crippen MR) is 160 cm³/mol. The molecule has 3 atom stereocenters. The van der Waals surface area contributed by atoms with E-state index in [1.807, 2.05) is 60.7 Å². The van der Waals surface area contributed by atoms with Crippen molar-refractivity contribution in [3.05, 3.63) is 90.5 Å². The number of nitrogens with one attached hydrogen (secondary N) is 3. The maximum absolute atomic E-state index is 6.28. The van der Waals surface area contributed by atoms with E-state index in [2.05, 4.69) is 35.2 Å². The second-order valence-electron chi connectivity index (χ2n) is 9.02. The lowest BCUT2D eigenvalue weighted by Crippen LogP contribution is -2.21. The Kier molecular flexibility index (Phi) is 9.13. The van der Waals surface area contributed by atoms with Crippen molar-refractivity contribution in [2.75, 3.05) is 49.5 Å². The van der Waals surface area contributed by atoms with Crippen LogP contribution in [0.2, 0.25) is 0 Å². The first kappa shape index (κ1) is 27.5. The molecule has 0 radical (unpaired) electrons. The third-order valence-electron chi connectivity index (χ3n) is 6.17. The minimum absolute atomic E-state index is 0.153. The fraction of sp³-hybridized carbons (Fsp3) is 0.241. The molecule has 0 amide bonds. The van der Waals surface area contributed by atoms with E-state index < -0.39 is 6.17 Å². The fourth-order valence-electron chi connectivity index (χ4n) is 4.13. The molecule has 0 aliphatic carbocycles. The molecule has 10 nitrogen and oxygen atoms in total. The van der Waals surface area contributed by atoms with Gasteiger partial charge in [0.1, 0.15) is 42.8 Å². The summed E-state index contributed by atoms with van der Waals surface area (Å²) >= 11 is 0. The van der Waals surface area contributed by atoms with E-state index in [4.69, 9.17) is 24.7 Å². The highest BCUT2D eigenvalue weighted by Crippen LogP contribution is 2.37. The lowest BCUT2D eigenvalue weighted by molar-refractivity contribution is 0.0763. The number of anilines is 3. The second-order valence-corrected chi connectivity index (χ2v) is 9.69. The van der Waals surface area contributed by atoms with E-state index in [0.29, 0.717) is 37.9 Å². The Morgan fingerprint density at radius 1 is 0.825 bits per heavy atom. The first-order valence-electron chi connectivity index (χ1n) is 12.9. The highest BCUT2D eigenvalue weighted by atomic mass is 31.0. The van der Waals surface area contributed by atoms with Crippen LogP contribution in [0.3, 0.4) is 0 Å². The minimum atomic E-state index is -0.458. The quantitative estimate of drug-likeness (QED) is 0.108. The number of hydrogen-bond donors (Lipinski definition) is 4. The molecule has 0 fully saturated rings. The molecule has 40 heavy (non-hydrogen) atoms. The molecule has 11 heteroatoms. The maximum Gasteiger partial charge on any atom is 0.141 e. The molecular formula is C29H33N6O4P. The van der Waals surface area contributed by atoms with E-state index >= 15 is 0 Å². The molecule has 0 saturated heterocycles. The van der Waals surface area contributed by atoms with E-state index in [0.717, 1.165) is 39.6 Å². The summed E-state index contributed by atoms with van der Waals surface area (Å²) in [6.07, 6.45) is 2.80. The average molecular weight is 561 g/mol. The van der Waals surface area contributed by atoms with Crippen LogP contribution < -0.4 is 41.2 Å². The zero-order valence-electron chi connectivity index (χ0n) is 22.2. The van der Waals surface area contributed by atoms with Crippen LogP contribution in [0.25, 0.3) is 0 Å². The zero-order valence-corrected chi connectivity index (χ0v) is 23.3. The molecule has 5 N–H and O–H groups in total. The fourth-order valence-corrected chi connectivity index (χ4v) is 4.32. The number of fused-ring (bicyclic) bond motifs is 1. The van der Waals surface area contributed by atoms with Crippen molar-refractivity contribution in [3.8, 4) is 17.2 Å². The Bertz CT molecular complexity index is 1410. The normalized spacial score (nSPS) is 14.4. The topological polar surface area (TPSA) is 125 Å². The number of nitrogens with zero attached hydrogens (tertiary/aromatic N) is 2. The number of aromatic nitrogens is 2. The summed E-state index contributed by atoms with van der Waals surface area (Å²) in [6, 6.07) is 21.2. The molecular weight excluding hydrogens is 527 g/mol. The van der Waals surface area contributed by atoms with Crippen molar-refractivity contribution in [3.63, 3.8) is 0 Å². The van der Waals surface area contributed by atoms with Crippen molar-refractivity contribution >= 4 is 31.6 Å². The third-order valence-corrected chi connectivity index (χ3v) is 6.56.